The number of aromatic nitrogens is 5. The fraction of sp³-hybridized carbons (Fsp3) is 0.0667. The van der Waals surface area contributed by atoms with E-state index in [2.05, 4.69) is 20.3 Å². The lowest BCUT2D eigenvalue weighted by molar-refractivity contribution is 0.478. The maximum absolute atomic E-state index is 13.9. The Hall–Kier alpha value is -3.43. The quantitative estimate of drug-likeness (QED) is 0.573. The molecule has 0 spiro atoms. The highest BCUT2D eigenvalue weighted by Gasteiger charge is 2.19. The Labute approximate surface area is 137 Å². The van der Waals surface area contributed by atoms with Crippen molar-refractivity contribution < 1.29 is 17.6 Å². The standard InChI is InChI=1S/C15H9F3N6O/c16-8-4-7(11(18)9(17)5-8)6-24-14-13(22-23-24)12(20-15(19)21-14)10-2-1-3-25-10/h1-5H,6H2,(H2,19,20,21). The number of anilines is 1. The van der Waals surface area contributed by atoms with Crippen molar-refractivity contribution in [1.82, 2.24) is 25.0 Å². The minimum Gasteiger partial charge on any atom is -0.463 e. The van der Waals surface area contributed by atoms with E-state index in [1.54, 1.807) is 12.1 Å². The van der Waals surface area contributed by atoms with Crippen LogP contribution in [0.5, 0.6) is 0 Å². The summed E-state index contributed by atoms with van der Waals surface area (Å²) in [5.74, 6) is -3.03. The normalized spacial score (nSPS) is 11.3. The van der Waals surface area contributed by atoms with Crippen LogP contribution >= 0.6 is 0 Å². The van der Waals surface area contributed by atoms with Crippen LogP contribution in [0.25, 0.3) is 22.6 Å². The highest BCUT2D eigenvalue weighted by molar-refractivity contribution is 5.85. The van der Waals surface area contributed by atoms with E-state index >= 15 is 0 Å². The van der Waals surface area contributed by atoms with Gasteiger partial charge in [-0.3, -0.25) is 0 Å². The first-order valence-corrected chi connectivity index (χ1v) is 7.07. The molecule has 4 aromatic rings. The van der Waals surface area contributed by atoms with Crippen molar-refractivity contribution in [3.63, 3.8) is 0 Å². The minimum absolute atomic E-state index is 0.0756. The molecule has 3 aromatic heterocycles. The molecular formula is C15H9F3N6O. The van der Waals surface area contributed by atoms with Crippen molar-refractivity contribution in [1.29, 1.82) is 0 Å². The van der Waals surface area contributed by atoms with Gasteiger partial charge >= 0.3 is 0 Å². The summed E-state index contributed by atoms with van der Waals surface area (Å²) in [4.78, 5) is 8.10. The number of furan rings is 1. The number of fused-ring (bicyclic) bond motifs is 1. The number of benzene rings is 1. The summed E-state index contributed by atoms with van der Waals surface area (Å²) in [6.07, 6.45) is 1.45. The third-order valence-corrected chi connectivity index (χ3v) is 3.52. The molecule has 0 radical (unpaired) electrons. The monoisotopic (exact) mass is 346 g/mol. The molecule has 7 nitrogen and oxygen atoms in total. The Morgan fingerprint density at radius 3 is 2.76 bits per heavy atom. The second-order valence-electron chi connectivity index (χ2n) is 5.19. The molecule has 1 aromatic carbocycles. The lowest BCUT2D eigenvalue weighted by Crippen LogP contribution is -2.08. The van der Waals surface area contributed by atoms with Crippen LogP contribution in [0.3, 0.4) is 0 Å². The third-order valence-electron chi connectivity index (χ3n) is 3.52. The number of halogens is 3. The van der Waals surface area contributed by atoms with Crippen molar-refractivity contribution in [3.05, 3.63) is 53.5 Å². The van der Waals surface area contributed by atoms with Gasteiger partial charge in [-0.1, -0.05) is 5.21 Å². The number of nitrogen functional groups attached to an aromatic ring is 1. The number of hydrogen-bond donors (Lipinski definition) is 1. The van der Waals surface area contributed by atoms with Crippen LogP contribution in [0.4, 0.5) is 19.1 Å². The molecule has 4 rings (SSSR count). The molecule has 0 atom stereocenters. The Morgan fingerprint density at radius 2 is 2.00 bits per heavy atom. The first-order valence-electron chi connectivity index (χ1n) is 7.07. The van der Waals surface area contributed by atoms with Gasteiger partial charge in [0, 0.05) is 11.6 Å². The van der Waals surface area contributed by atoms with Crippen LogP contribution in [0.2, 0.25) is 0 Å². The van der Waals surface area contributed by atoms with Crippen LogP contribution in [-0.2, 0) is 6.54 Å². The average molecular weight is 346 g/mol. The molecule has 0 bridgehead atoms. The molecule has 3 heterocycles. The Kier molecular flexibility index (Phi) is 3.38. The Balaban J connectivity index is 1.85. The van der Waals surface area contributed by atoms with Crippen molar-refractivity contribution >= 4 is 17.1 Å². The van der Waals surface area contributed by atoms with Crippen LogP contribution in [0.1, 0.15) is 5.56 Å². The molecule has 25 heavy (non-hydrogen) atoms. The third kappa shape index (κ3) is 2.57. The molecule has 0 aliphatic heterocycles. The molecule has 0 aliphatic rings. The van der Waals surface area contributed by atoms with Gasteiger partial charge in [-0.2, -0.15) is 4.98 Å². The van der Waals surface area contributed by atoms with Gasteiger partial charge in [0.25, 0.3) is 0 Å². The Morgan fingerprint density at radius 1 is 1.16 bits per heavy atom. The molecule has 10 heteroatoms. The van der Waals surface area contributed by atoms with Gasteiger partial charge in [0.05, 0.1) is 12.8 Å². The van der Waals surface area contributed by atoms with E-state index < -0.39 is 17.5 Å². The lowest BCUT2D eigenvalue weighted by atomic mass is 10.2. The number of nitrogens with zero attached hydrogens (tertiary/aromatic N) is 5. The maximum atomic E-state index is 13.9. The first kappa shape index (κ1) is 15.1. The second kappa shape index (κ2) is 5.58. The first-order chi connectivity index (χ1) is 12.0. The van der Waals surface area contributed by atoms with Gasteiger partial charge in [-0.05, 0) is 18.2 Å². The second-order valence-corrected chi connectivity index (χ2v) is 5.19. The summed E-state index contributed by atoms with van der Waals surface area (Å²) < 4.78 is 47.1. The van der Waals surface area contributed by atoms with E-state index in [4.69, 9.17) is 10.2 Å². The van der Waals surface area contributed by atoms with Crippen LogP contribution in [-0.4, -0.2) is 25.0 Å². The zero-order valence-electron chi connectivity index (χ0n) is 12.4. The largest absolute Gasteiger partial charge is 0.463 e. The van der Waals surface area contributed by atoms with Crippen LogP contribution in [0.15, 0.2) is 34.9 Å². The summed E-state index contributed by atoms with van der Waals surface area (Å²) >= 11 is 0. The summed E-state index contributed by atoms with van der Waals surface area (Å²) in [6, 6.07) is 4.66. The molecule has 126 valence electrons. The molecule has 0 unspecified atom stereocenters. The van der Waals surface area contributed by atoms with Crippen LogP contribution < -0.4 is 5.73 Å². The lowest BCUT2D eigenvalue weighted by Gasteiger charge is -2.06. The van der Waals surface area contributed by atoms with Gasteiger partial charge in [0.1, 0.15) is 11.5 Å². The smallest absolute Gasteiger partial charge is 0.222 e. The van der Waals surface area contributed by atoms with E-state index in [0.29, 0.717) is 17.5 Å². The Bertz CT molecular complexity index is 1080. The SMILES string of the molecule is Nc1nc(-c2ccco2)c2nnn(Cc3cc(F)cc(F)c3F)c2n1. The highest BCUT2D eigenvalue weighted by Crippen LogP contribution is 2.26. The zero-order chi connectivity index (χ0) is 17.6. The summed E-state index contributed by atoms with van der Waals surface area (Å²) in [5, 5.41) is 7.81. The minimum atomic E-state index is -1.29. The van der Waals surface area contributed by atoms with Crippen LogP contribution in [0, 0.1) is 17.5 Å². The predicted molar refractivity (Wildman–Crippen MR) is 80.7 cm³/mol. The molecular weight excluding hydrogens is 337 g/mol. The summed E-state index contributed by atoms with van der Waals surface area (Å²) in [6.45, 7) is -0.287. The van der Waals surface area contributed by atoms with Gasteiger partial charge < -0.3 is 10.2 Å². The van der Waals surface area contributed by atoms with Crippen molar-refractivity contribution in [2.75, 3.05) is 5.73 Å². The molecule has 0 aliphatic carbocycles. The van der Waals surface area contributed by atoms with Crippen molar-refractivity contribution in [3.8, 4) is 11.5 Å². The molecule has 2 N–H and O–H groups in total. The van der Waals surface area contributed by atoms with E-state index in [0.717, 1.165) is 6.07 Å². The number of hydrogen-bond acceptors (Lipinski definition) is 6. The predicted octanol–water partition coefficient (Wildman–Crippen LogP) is 2.53. The highest BCUT2D eigenvalue weighted by atomic mass is 19.2. The molecule has 0 saturated carbocycles. The van der Waals surface area contributed by atoms with Gasteiger partial charge in [0.2, 0.25) is 5.95 Å². The van der Waals surface area contributed by atoms with Gasteiger partial charge in [0.15, 0.2) is 28.6 Å². The maximum Gasteiger partial charge on any atom is 0.222 e. The van der Waals surface area contributed by atoms with Crippen molar-refractivity contribution in [2.45, 2.75) is 6.54 Å². The number of rotatable bonds is 3. The summed E-state index contributed by atoms with van der Waals surface area (Å²) in [5.41, 5.74) is 6.23. The van der Waals surface area contributed by atoms with Gasteiger partial charge in [-0.15, -0.1) is 5.10 Å². The van der Waals surface area contributed by atoms with E-state index in [9.17, 15) is 13.2 Å². The summed E-state index contributed by atoms with van der Waals surface area (Å²) in [7, 11) is 0. The van der Waals surface area contributed by atoms with Crippen molar-refractivity contribution in [2.24, 2.45) is 0 Å². The molecule has 0 fully saturated rings. The van der Waals surface area contributed by atoms with E-state index in [1.807, 2.05) is 0 Å². The fourth-order valence-corrected chi connectivity index (χ4v) is 2.45. The number of nitrogens with two attached hydrogens (primary N) is 1. The van der Waals surface area contributed by atoms with E-state index in [1.165, 1.54) is 10.9 Å². The molecule has 0 amide bonds. The topological polar surface area (TPSA) is 95.6 Å². The zero-order valence-corrected chi connectivity index (χ0v) is 12.4. The fourth-order valence-electron chi connectivity index (χ4n) is 2.45. The van der Waals surface area contributed by atoms with E-state index in [-0.39, 0.29) is 29.2 Å². The van der Waals surface area contributed by atoms with Gasteiger partial charge in [-0.25, -0.2) is 22.8 Å². The molecule has 0 saturated heterocycles. The average Bonchev–Trinajstić information content (AvgIpc) is 3.22.